The third kappa shape index (κ3) is 3.24. The van der Waals surface area contributed by atoms with Crippen LogP contribution >= 0.6 is 0 Å². The van der Waals surface area contributed by atoms with E-state index in [-0.39, 0.29) is 5.82 Å². The van der Waals surface area contributed by atoms with Crippen LogP contribution in [-0.4, -0.2) is 13.2 Å². The van der Waals surface area contributed by atoms with E-state index in [1.165, 1.54) is 17.2 Å². The van der Waals surface area contributed by atoms with E-state index in [2.05, 4.69) is 11.4 Å². The van der Waals surface area contributed by atoms with Crippen LogP contribution in [0.1, 0.15) is 29.2 Å². The predicted octanol–water partition coefficient (Wildman–Crippen LogP) is 3.79. The Morgan fingerprint density at radius 1 is 1.24 bits per heavy atom. The maximum Gasteiger partial charge on any atom is 0.124 e. The van der Waals surface area contributed by atoms with Crippen LogP contribution in [0.3, 0.4) is 0 Å². The van der Waals surface area contributed by atoms with Crippen molar-refractivity contribution in [3.8, 4) is 5.75 Å². The summed E-state index contributed by atoms with van der Waals surface area (Å²) in [5, 5.41) is 3.59. The van der Waals surface area contributed by atoms with Crippen LogP contribution in [0.2, 0.25) is 0 Å². The Kier molecular flexibility index (Phi) is 4.20. The molecule has 3 rings (SSSR count). The van der Waals surface area contributed by atoms with Crippen LogP contribution in [0.5, 0.6) is 5.75 Å². The molecule has 0 aliphatic carbocycles. The molecule has 0 bridgehead atoms. The number of rotatable bonds is 4. The first-order chi connectivity index (χ1) is 10.2. The summed E-state index contributed by atoms with van der Waals surface area (Å²) in [6.07, 6.45) is 1.89. The fraction of sp³-hybridized carbons (Fsp3) is 0.333. The third-order valence-corrected chi connectivity index (χ3v) is 4.05. The molecule has 0 radical (unpaired) electrons. The van der Waals surface area contributed by atoms with Gasteiger partial charge in [0, 0.05) is 18.0 Å². The summed E-state index contributed by atoms with van der Waals surface area (Å²) in [4.78, 5) is 0. The van der Waals surface area contributed by atoms with Crippen molar-refractivity contribution in [2.75, 3.05) is 13.2 Å². The fourth-order valence-corrected chi connectivity index (χ4v) is 2.87. The normalized spacial score (nSPS) is 17.1. The summed E-state index contributed by atoms with van der Waals surface area (Å²) < 4.78 is 18.8. The lowest BCUT2D eigenvalue weighted by molar-refractivity contribution is 0.253. The molecule has 0 fully saturated rings. The molecule has 2 aromatic carbocycles. The van der Waals surface area contributed by atoms with Gasteiger partial charge in [-0.05, 0) is 49.2 Å². The van der Waals surface area contributed by atoms with Gasteiger partial charge in [0.15, 0.2) is 0 Å². The molecule has 1 heterocycles. The Hall–Kier alpha value is -1.87. The molecule has 2 aromatic rings. The van der Waals surface area contributed by atoms with Gasteiger partial charge in [-0.1, -0.05) is 24.3 Å². The molecule has 3 heteroatoms. The van der Waals surface area contributed by atoms with Gasteiger partial charge in [-0.15, -0.1) is 0 Å². The van der Waals surface area contributed by atoms with Gasteiger partial charge in [0.2, 0.25) is 0 Å². The highest BCUT2D eigenvalue weighted by Crippen LogP contribution is 2.31. The Morgan fingerprint density at radius 2 is 2.10 bits per heavy atom. The van der Waals surface area contributed by atoms with Gasteiger partial charge >= 0.3 is 0 Å². The van der Waals surface area contributed by atoms with E-state index in [4.69, 9.17) is 4.74 Å². The van der Waals surface area contributed by atoms with E-state index in [0.29, 0.717) is 6.04 Å². The topological polar surface area (TPSA) is 21.3 Å². The second-order valence-electron chi connectivity index (χ2n) is 5.50. The Morgan fingerprint density at radius 3 is 2.95 bits per heavy atom. The minimum atomic E-state index is -0.164. The number of fused-ring (bicyclic) bond motifs is 1. The molecule has 1 atom stereocenters. The van der Waals surface area contributed by atoms with Gasteiger partial charge < -0.3 is 10.1 Å². The molecule has 1 N–H and O–H groups in total. The molecule has 21 heavy (non-hydrogen) atoms. The van der Waals surface area contributed by atoms with E-state index in [1.54, 1.807) is 6.07 Å². The number of halogens is 1. The molecule has 1 unspecified atom stereocenters. The maximum atomic E-state index is 13.1. The first-order valence-corrected chi connectivity index (χ1v) is 7.44. The monoisotopic (exact) mass is 285 g/mol. The highest BCUT2D eigenvalue weighted by molar-refractivity contribution is 5.37. The molecule has 0 saturated carbocycles. The van der Waals surface area contributed by atoms with E-state index in [9.17, 15) is 4.39 Å². The average molecular weight is 285 g/mol. The number of para-hydroxylation sites is 1. The maximum absolute atomic E-state index is 13.1. The quantitative estimate of drug-likeness (QED) is 0.923. The van der Waals surface area contributed by atoms with E-state index < -0.39 is 0 Å². The van der Waals surface area contributed by atoms with Crippen LogP contribution in [0.4, 0.5) is 4.39 Å². The van der Waals surface area contributed by atoms with Crippen molar-refractivity contribution in [2.24, 2.45) is 0 Å². The molecule has 0 spiro atoms. The molecule has 0 aromatic heterocycles. The lowest BCUT2D eigenvalue weighted by Crippen LogP contribution is -2.28. The third-order valence-electron chi connectivity index (χ3n) is 4.05. The van der Waals surface area contributed by atoms with Crippen LogP contribution in [0.15, 0.2) is 42.5 Å². The van der Waals surface area contributed by atoms with Gasteiger partial charge in [0.05, 0.1) is 6.61 Å². The summed E-state index contributed by atoms with van der Waals surface area (Å²) in [6, 6.07) is 13.5. The van der Waals surface area contributed by atoms with Crippen LogP contribution in [0.25, 0.3) is 0 Å². The van der Waals surface area contributed by atoms with Crippen molar-refractivity contribution in [1.29, 1.82) is 0 Å². The van der Waals surface area contributed by atoms with Crippen molar-refractivity contribution in [2.45, 2.75) is 25.8 Å². The number of ether oxygens (including phenoxy) is 1. The van der Waals surface area contributed by atoms with Crippen LogP contribution in [0, 0.1) is 12.7 Å². The number of nitrogens with one attached hydrogen (secondary N) is 1. The largest absolute Gasteiger partial charge is 0.493 e. The zero-order valence-corrected chi connectivity index (χ0v) is 12.2. The second-order valence-corrected chi connectivity index (χ2v) is 5.50. The zero-order valence-electron chi connectivity index (χ0n) is 12.2. The van der Waals surface area contributed by atoms with Crippen LogP contribution in [-0.2, 0) is 6.42 Å². The number of benzene rings is 2. The minimum absolute atomic E-state index is 0.164. The highest BCUT2D eigenvalue weighted by Gasteiger charge is 2.20. The molecule has 1 aliphatic heterocycles. The smallest absolute Gasteiger partial charge is 0.124 e. The fourth-order valence-electron chi connectivity index (χ4n) is 2.87. The lowest BCUT2D eigenvalue weighted by atomic mass is 10.00. The highest BCUT2D eigenvalue weighted by atomic mass is 19.1. The molecule has 2 nitrogen and oxygen atoms in total. The number of hydrogen-bond donors (Lipinski definition) is 1. The molecule has 0 saturated heterocycles. The summed E-state index contributed by atoms with van der Waals surface area (Å²) in [5.41, 5.74) is 3.45. The Balaban J connectivity index is 1.61. The second kappa shape index (κ2) is 6.27. The zero-order chi connectivity index (χ0) is 14.7. The van der Waals surface area contributed by atoms with E-state index in [1.807, 2.05) is 31.2 Å². The predicted molar refractivity (Wildman–Crippen MR) is 82.1 cm³/mol. The number of aryl methyl sites for hydroxylation is 1. The summed E-state index contributed by atoms with van der Waals surface area (Å²) >= 11 is 0. The van der Waals surface area contributed by atoms with E-state index in [0.717, 1.165) is 37.3 Å². The van der Waals surface area contributed by atoms with Gasteiger partial charge in [0.25, 0.3) is 0 Å². The Labute approximate surface area is 125 Å². The van der Waals surface area contributed by atoms with Crippen LogP contribution < -0.4 is 10.1 Å². The molecule has 0 amide bonds. The van der Waals surface area contributed by atoms with Crippen molar-refractivity contribution in [3.63, 3.8) is 0 Å². The first kappa shape index (κ1) is 14.1. The summed E-state index contributed by atoms with van der Waals surface area (Å²) in [6.45, 7) is 3.60. The van der Waals surface area contributed by atoms with Crippen molar-refractivity contribution < 1.29 is 9.13 Å². The van der Waals surface area contributed by atoms with Gasteiger partial charge in [0.1, 0.15) is 11.6 Å². The van der Waals surface area contributed by atoms with Gasteiger partial charge in [-0.2, -0.15) is 0 Å². The summed E-state index contributed by atoms with van der Waals surface area (Å²) in [7, 11) is 0. The first-order valence-electron chi connectivity index (χ1n) is 7.44. The lowest BCUT2D eigenvalue weighted by Gasteiger charge is -2.26. The minimum Gasteiger partial charge on any atom is -0.493 e. The molecule has 110 valence electrons. The SMILES string of the molecule is Cc1cc(F)ccc1CCNC1CCOc2ccccc21. The van der Waals surface area contributed by atoms with Crippen molar-refractivity contribution in [1.82, 2.24) is 5.32 Å². The number of hydrogen-bond acceptors (Lipinski definition) is 2. The van der Waals surface area contributed by atoms with Crippen molar-refractivity contribution >= 4 is 0 Å². The molecular weight excluding hydrogens is 265 g/mol. The van der Waals surface area contributed by atoms with Gasteiger partial charge in [-0.3, -0.25) is 0 Å². The molecular formula is C18H20FNO. The standard InChI is InChI=1S/C18H20FNO/c1-13-12-15(19)7-6-14(13)8-10-20-17-9-11-21-18-5-3-2-4-16(17)18/h2-7,12,17,20H,8-11H2,1H3. The Bertz CT molecular complexity index is 626. The average Bonchev–Trinajstić information content (AvgIpc) is 2.50. The van der Waals surface area contributed by atoms with Gasteiger partial charge in [-0.25, -0.2) is 4.39 Å². The molecule has 1 aliphatic rings. The van der Waals surface area contributed by atoms with E-state index >= 15 is 0 Å². The van der Waals surface area contributed by atoms with Crippen molar-refractivity contribution in [3.05, 3.63) is 65.0 Å². The summed E-state index contributed by atoms with van der Waals surface area (Å²) in [5.74, 6) is 0.821.